The van der Waals surface area contributed by atoms with Crippen molar-refractivity contribution in [2.45, 2.75) is 32.1 Å². The van der Waals surface area contributed by atoms with E-state index in [1.807, 2.05) is 13.8 Å². The smallest absolute Gasteiger partial charge is 0.274 e. The van der Waals surface area contributed by atoms with Crippen LogP contribution in [0.5, 0.6) is 0 Å². The monoisotopic (exact) mass is 311 g/mol. The molecule has 2 rings (SSSR count). The first kappa shape index (κ1) is 16.9. The third kappa shape index (κ3) is 4.28. The molecule has 1 atom stereocenters. The van der Waals surface area contributed by atoms with Gasteiger partial charge in [0.1, 0.15) is 5.69 Å². The lowest BCUT2D eigenvalue weighted by Crippen LogP contribution is -2.55. The molecule has 1 saturated heterocycles. The zero-order valence-corrected chi connectivity index (χ0v) is 13.7. The lowest BCUT2D eigenvalue weighted by molar-refractivity contribution is -0.143. The fraction of sp³-hybridized carbons (Fsp3) is 0.733. The van der Waals surface area contributed by atoms with E-state index in [0.717, 1.165) is 0 Å². The number of aromatic nitrogens is 2. The second-order valence-corrected chi connectivity index (χ2v) is 6.10. The number of carbonyl (C=O) groups excluding carboxylic acids is 1. The molecule has 0 bridgehead atoms. The van der Waals surface area contributed by atoms with Crippen LogP contribution in [0.15, 0.2) is 12.3 Å². The number of amides is 1. The Hall–Kier alpha value is -1.44. The summed E-state index contributed by atoms with van der Waals surface area (Å²) in [5.41, 5.74) is 0.0559. The molecule has 0 spiro atoms. The number of ether oxygens (including phenoxy) is 3. The minimum absolute atomic E-state index is 0.0753. The second-order valence-electron chi connectivity index (χ2n) is 6.10. The maximum absolute atomic E-state index is 12.6. The topological polar surface area (TPSA) is 65.8 Å². The molecule has 7 heteroatoms. The van der Waals surface area contributed by atoms with Crippen LogP contribution in [0.2, 0.25) is 0 Å². The number of hydrogen-bond acceptors (Lipinski definition) is 5. The predicted octanol–water partition coefficient (Wildman–Crippen LogP) is 0.795. The van der Waals surface area contributed by atoms with Gasteiger partial charge in [-0.15, -0.1) is 0 Å². The van der Waals surface area contributed by atoms with E-state index in [2.05, 4.69) is 5.10 Å². The lowest BCUT2D eigenvalue weighted by atomic mass is 10.0. The zero-order chi connectivity index (χ0) is 16.2. The average Bonchev–Trinajstić information content (AvgIpc) is 2.91. The molecule has 22 heavy (non-hydrogen) atoms. The van der Waals surface area contributed by atoms with Crippen molar-refractivity contribution in [1.82, 2.24) is 14.7 Å². The van der Waals surface area contributed by atoms with Gasteiger partial charge in [0.25, 0.3) is 5.91 Å². The third-order valence-corrected chi connectivity index (χ3v) is 3.51. The van der Waals surface area contributed by atoms with Gasteiger partial charge in [-0.2, -0.15) is 5.10 Å². The van der Waals surface area contributed by atoms with Crippen LogP contribution in [0.1, 0.15) is 24.3 Å². The fourth-order valence-electron chi connectivity index (χ4n) is 2.67. The maximum Gasteiger partial charge on any atom is 0.274 e. The van der Waals surface area contributed by atoms with Crippen LogP contribution >= 0.6 is 0 Å². The number of nitrogens with zero attached hydrogens (tertiary/aromatic N) is 3. The normalized spacial score (nSPS) is 21.1. The molecule has 1 aromatic heterocycles. The summed E-state index contributed by atoms with van der Waals surface area (Å²) in [5.74, 6) is -0.0753. The summed E-state index contributed by atoms with van der Waals surface area (Å²) in [6.45, 7) is 6.67. The van der Waals surface area contributed by atoms with Crippen molar-refractivity contribution in [2.75, 3.05) is 40.5 Å². The van der Waals surface area contributed by atoms with Crippen LogP contribution in [0, 0.1) is 0 Å². The molecule has 124 valence electrons. The highest BCUT2D eigenvalue weighted by Crippen LogP contribution is 2.22. The van der Waals surface area contributed by atoms with Crippen molar-refractivity contribution in [1.29, 1.82) is 0 Å². The molecule has 1 aliphatic heterocycles. The van der Waals surface area contributed by atoms with Gasteiger partial charge in [-0.25, -0.2) is 0 Å². The molecule has 1 fully saturated rings. The van der Waals surface area contributed by atoms with Crippen LogP contribution in [0.3, 0.4) is 0 Å². The summed E-state index contributed by atoms with van der Waals surface area (Å²) >= 11 is 0. The molecule has 1 aromatic rings. The Morgan fingerprint density at radius 2 is 2.23 bits per heavy atom. The fourth-order valence-corrected chi connectivity index (χ4v) is 2.67. The summed E-state index contributed by atoms with van der Waals surface area (Å²) in [6, 6.07) is 1.74. The van der Waals surface area contributed by atoms with E-state index >= 15 is 0 Å². The third-order valence-electron chi connectivity index (χ3n) is 3.51. The van der Waals surface area contributed by atoms with Gasteiger partial charge >= 0.3 is 0 Å². The lowest BCUT2D eigenvalue weighted by Gasteiger charge is -2.42. The highest BCUT2D eigenvalue weighted by atomic mass is 16.5. The Kier molecular flexibility index (Phi) is 5.55. The van der Waals surface area contributed by atoms with Gasteiger partial charge in [-0.1, -0.05) is 0 Å². The quantitative estimate of drug-likeness (QED) is 0.777. The van der Waals surface area contributed by atoms with Crippen molar-refractivity contribution in [3.63, 3.8) is 0 Å². The van der Waals surface area contributed by atoms with Gasteiger partial charge in [-0.05, 0) is 19.9 Å². The Balaban J connectivity index is 2.05. The molecule has 2 heterocycles. The molecule has 0 aliphatic carbocycles. The van der Waals surface area contributed by atoms with Crippen LogP contribution in [-0.4, -0.2) is 72.8 Å². The minimum Gasteiger partial charge on any atom is -0.383 e. The molecule has 0 unspecified atom stereocenters. The van der Waals surface area contributed by atoms with Gasteiger partial charge in [0, 0.05) is 33.5 Å². The van der Waals surface area contributed by atoms with Crippen molar-refractivity contribution in [2.24, 2.45) is 0 Å². The molecule has 1 amide bonds. The first-order valence-electron chi connectivity index (χ1n) is 7.43. The van der Waals surface area contributed by atoms with E-state index in [9.17, 15) is 4.79 Å². The van der Waals surface area contributed by atoms with Crippen molar-refractivity contribution in [3.05, 3.63) is 18.0 Å². The Bertz CT molecular complexity index is 501. The molecule has 7 nitrogen and oxygen atoms in total. The summed E-state index contributed by atoms with van der Waals surface area (Å²) in [4.78, 5) is 14.4. The summed E-state index contributed by atoms with van der Waals surface area (Å²) < 4.78 is 17.8. The van der Waals surface area contributed by atoms with E-state index in [0.29, 0.717) is 38.5 Å². The molecule has 1 aliphatic rings. The van der Waals surface area contributed by atoms with Gasteiger partial charge in [0.15, 0.2) is 0 Å². The second kappa shape index (κ2) is 7.21. The summed E-state index contributed by atoms with van der Waals surface area (Å²) in [6.07, 6.45) is 1.68. The van der Waals surface area contributed by atoms with Crippen LogP contribution in [0.25, 0.3) is 0 Å². The number of rotatable bonds is 6. The number of carbonyl (C=O) groups is 1. The molecule has 0 radical (unpaired) electrons. The van der Waals surface area contributed by atoms with E-state index in [1.54, 1.807) is 36.1 Å². The minimum atomic E-state index is -0.393. The number of hydrogen-bond donors (Lipinski definition) is 0. The Labute approximate surface area is 131 Å². The Morgan fingerprint density at radius 1 is 1.45 bits per heavy atom. The van der Waals surface area contributed by atoms with Gasteiger partial charge in [0.05, 0.1) is 31.5 Å². The van der Waals surface area contributed by atoms with Crippen molar-refractivity contribution >= 4 is 5.91 Å². The largest absolute Gasteiger partial charge is 0.383 e. The molecule has 0 saturated carbocycles. The predicted molar refractivity (Wildman–Crippen MR) is 80.8 cm³/mol. The standard InChI is InChI=1S/C15H25N3O4/c1-15(2)11-17(9-12(22-15)10-21-4)14(19)13-5-6-18(16-13)7-8-20-3/h5-6,12H,7-11H2,1-4H3/t12-/m0/s1. The van der Waals surface area contributed by atoms with Gasteiger partial charge < -0.3 is 19.1 Å². The van der Waals surface area contributed by atoms with E-state index in [1.165, 1.54) is 0 Å². The molecular formula is C15H25N3O4. The molecule has 0 aromatic carbocycles. The van der Waals surface area contributed by atoms with E-state index in [-0.39, 0.29) is 12.0 Å². The maximum atomic E-state index is 12.6. The Morgan fingerprint density at radius 3 is 2.91 bits per heavy atom. The van der Waals surface area contributed by atoms with Gasteiger partial charge in [0.2, 0.25) is 0 Å². The van der Waals surface area contributed by atoms with Crippen LogP contribution < -0.4 is 0 Å². The first-order chi connectivity index (χ1) is 10.4. The zero-order valence-electron chi connectivity index (χ0n) is 13.7. The summed E-state index contributed by atoms with van der Waals surface area (Å²) in [5, 5.41) is 4.32. The van der Waals surface area contributed by atoms with Crippen LogP contribution in [0.4, 0.5) is 0 Å². The first-order valence-corrected chi connectivity index (χ1v) is 7.43. The van der Waals surface area contributed by atoms with Crippen LogP contribution in [-0.2, 0) is 20.8 Å². The van der Waals surface area contributed by atoms with E-state index < -0.39 is 5.60 Å². The highest BCUT2D eigenvalue weighted by Gasteiger charge is 2.36. The van der Waals surface area contributed by atoms with Gasteiger partial charge in [-0.3, -0.25) is 9.48 Å². The molecule has 0 N–H and O–H groups in total. The van der Waals surface area contributed by atoms with Crippen molar-refractivity contribution < 1.29 is 19.0 Å². The van der Waals surface area contributed by atoms with Crippen molar-refractivity contribution in [3.8, 4) is 0 Å². The van der Waals surface area contributed by atoms with E-state index in [4.69, 9.17) is 14.2 Å². The number of morpholine rings is 1. The molecular weight excluding hydrogens is 286 g/mol. The highest BCUT2D eigenvalue weighted by molar-refractivity contribution is 5.92. The number of methoxy groups -OCH3 is 2. The average molecular weight is 311 g/mol. The SMILES string of the molecule is COCCn1ccc(C(=O)N2C[C@@H](COC)OC(C)(C)C2)n1. The summed E-state index contributed by atoms with van der Waals surface area (Å²) in [7, 11) is 3.27.